The summed E-state index contributed by atoms with van der Waals surface area (Å²) in [6.45, 7) is 6.07. The zero-order valence-corrected chi connectivity index (χ0v) is 19.6. The minimum Gasteiger partial charge on any atom is -0.425 e. The Labute approximate surface area is 188 Å². The fraction of sp³-hybridized carbons (Fsp3) is 0.519. The first-order valence-corrected chi connectivity index (χ1v) is 12.0. The molecule has 0 spiro atoms. The summed E-state index contributed by atoms with van der Waals surface area (Å²) in [6.07, 6.45) is 12.0. The highest BCUT2D eigenvalue weighted by Gasteiger charge is 2.21. The van der Waals surface area contributed by atoms with Gasteiger partial charge in [0, 0.05) is 0 Å². The second kappa shape index (κ2) is 13.5. The van der Waals surface area contributed by atoms with Crippen LogP contribution in [0.1, 0.15) is 77.7 Å². The fourth-order valence-electron chi connectivity index (χ4n) is 3.49. The van der Waals surface area contributed by atoms with Crippen molar-refractivity contribution in [1.29, 1.82) is 0 Å². The molecule has 2 aromatic carbocycles. The molecule has 3 heteroatoms. The molecule has 30 heavy (non-hydrogen) atoms. The van der Waals surface area contributed by atoms with E-state index in [9.17, 15) is 4.79 Å². The van der Waals surface area contributed by atoms with Crippen molar-refractivity contribution in [2.24, 2.45) is 5.92 Å². The Morgan fingerprint density at radius 3 is 1.83 bits per heavy atom. The summed E-state index contributed by atoms with van der Waals surface area (Å²) in [6, 6.07) is 16.4. The molecule has 1 unspecified atom stereocenters. The second-order valence-corrected chi connectivity index (χ2v) is 8.98. The summed E-state index contributed by atoms with van der Waals surface area (Å²) < 4.78 is 5.37. The van der Waals surface area contributed by atoms with Gasteiger partial charge in [-0.3, -0.25) is 4.79 Å². The molecule has 0 aliphatic rings. The number of hydrogen-bond acceptors (Lipinski definition) is 2. The lowest BCUT2D eigenvalue weighted by atomic mass is 10.0. The minimum atomic E-state index is -0.627. The predicted molar refractivity (Wildman–Crippen MR) is 128 cm³/mol. The Morgan fingerprint density at radius 2 is 1.30 bits per heavy atom. The van der Waals surface area contributed by atoms with E-state index in [1.807, 2.05) is 38.1 Å². The van der Waals surface area contributed by atoms with Crippen LogP contribution in [0.2, 0.25) is 0 Å². The average Bonchev–Trinajstić information content (AvgIpc) is 2.76. The van der Waals surface area contributed by atoms with Crippen LogP contribution in [0.3, 0.4) is 0 Å². The quantitative estimate of drug-likeness (QED) is 0.139. The van der Waals surface area contributed by atoms with E-state index in [0.29, 0.717) is 5.75 Å². The molecule has 0 saturated heterocycles. The van der Waals surface area contributed by atoms with Gasteiger partial charge in [-0.15, -0.1) is 11.6 Å². The summed E-state index contributed by atoms with van der Waals surface area (Å²) in [5, 5.41) is -0.627. The van der Waals surface area contributed by atoms with Crippen molar-refractivity contribution >= 4 is 17.6 Å². The molecule has 2 rings (SSSR count). The highest BCUT2D eigenvalue weighted by molar-refractivity contribution is 6.30. The number of halogens is 1. The maximum absolute atomic E-state index is 12.0. The van der Waals surface area contributed by atoms with Gasteiger partial charge in [0.1, 0.15) is 11.1 Å². The SMILES string of the molecule is CCCCCCCCCCc1ccc(-c2ccc(OC(=O)C(Cl)C(C)C)cc2)cc1. The van der Waals surface area contributed by atoms with Gasteiger partial charge in [-0.25, -0.2) is 0 Å². The number of rotatable bonds is 13. The Morgan fingerprint density at radius 1 is 0.800 bits per heavy atom. The van der Waals surface area contributed by atoms with Crippen LogP contribution < -0.4 is 4.74 Å². The third-order valence-electron chi connectivity index (χ3n) is 5.49. The number of benzene rings is 2. The molecule has 0 fully saturated rings. The highest BCUT2D eigenvalue weighted by atomic mass is 35.5. The second-order valence-electron chi connectivity index (χ2n) is 8.51. The zero-order valence-electron chi connectivity index (χ0n) is 18.8. The largest absolute Gasteiger partial charge is 0.425 e. The topological polar surface area (TPSA) is 26.3 Å². The first-order valence-electron chi connectivity index (χ1n) is 11.6. The van der Waals surface area contributed by atoms with E-state index in [1.165, 1.54) is 62.5 Å². The number of carbonyl (C=O) groups is 1. The van der Waals surface area contributed by atoms with Gasteiger partial charge in [-0.05, 0) is 47.6 Å². The van der Waals surface area contributed by atoms with Gasteiger partial charge in [0.25, 0.3) is 0 Å². The van der Waals surface area contributed by atoms with Gasteiger partial charge in [-0.1, -0.05) is 102 Å². The number of esters is 1. The molecule has 0 amide bonds. The molecule has 164 valence electrons. The standard InChI is InChI=1S/C27H37ClO2/c1-4-5-6-7-8-9-10-11-12-22-13-15-23(16-14-22)24-17-19-25(20-18-24)30-27(29)26(28)21(2)3/h13-21,26H,4-12H2,1-3H3. The smallest absolute Gasteiger partial charge is 0.329 e. The number of unbranched alkanes of at least 4 members (excludes halogenated alkanes) is 7. The van der Waals surface area contributed by atoms with E-state index in [4.69, 9.17) is 16.3 Å². The number of carbonyl (C=O) groups excluding carboxylic acids is 1. The Balaban J connectivity index is 1.77. The lowest BCUT2D eigenvalue weighted by Crippen LogP contribution is -2.25. The number of aryl methyl sites for hydroxylation is 1. The third-order valence-corrected chi connectivity index (χ3v) is 6.17. The fourth-order valence-corrected chi connectivity index (χ4v) is 3.53. The van der Waals surface area contributed by atoms with Crippen LogP contribution in [0.4, 0.5) is 0 Å². The van der Waals surface area contributed by atoms with E-state index < -0.39 is 11.3 Å². The van der Waals surface area contributed by atoms with Crippen LogP contribution in [0.15, 0.2) is 48.5 Å². The molecular formula is C27H37ClO2. The summed E-state index contributed by atoms with van der Waals surface area (Å²) in [5.41, 5.74) is 3.68. The lowest BCUT2D eigenvalue weighted by Gasteiger charge is -2.12. The molecule has 1 atom stereocenters. The van der Waals surface area contributed by atoms with Crippen molar-refractivity contribution in [2.75, 3.05) is 0 Å². The Bertz CT molecular complexity index is 734. The highest BCUT2D eigenvalue weighted by Crippen LogP contribution is 2.24. The summed E-state index contributed by atoms with van der Waals surface area (Å²) in [7, 11) is 0. The maximum Gasteiger partial charge on any atom is 0.329 e. The number of ether oxygens (including phenoxy) is 1. The molecule has 0 aliphatic heterocycles. The Kier molecular flexibility index (Phi) is 11.0. The average molecular weight is 429 g/mol. The molecule has 0 heterocycles. The van der Waals surface area contributed by atoms with Crippen LogP contribution in [-0.2, 0) is 11.2 Å². The first-order chi connectivity index (χ1) is 14.5. The van der Waals surface area contributed by atoms with Crippen LogP contribution in [-0.4, -0.2) is 11.3 Å². The summed E-state index contributed by atoms with van der Waals surface area (Å²) in [5.74, 6) is 0.175. The van der Waals surface area contributed by atoms with Gasteiger partial charge in [-0.2, -0.15) is 0 Å². The zero-order chi connectivity index (χ0) is 21.8. The maximum atomic E-state index is 12.0. The molecule has 0 aliphatic carbocycles. The Hall–Kier alpha value is -1.80. The molecule has 0 aromatic heterocycles. The molecule has 0 saturated carbocycles. The predicted octanol–water partition coefficient (Wildman–Crippen LogP) is 8.21. The van der Waals surface area contributed by atoms with Crippen LogP contribution >= 0.6 is 11.6 Å². The van der Waals surface area contributed by atoms with E-state index in [0.717, 1.165) is 12.0 Å². The number of alkyl halides is 1. The first kappa shape index (κ1) is 24.5. The van der Waals surface area contributed by atoms with Crippen molar-refractivity contribution in [3.8, 4) is 16.9 Å². The summed E-state index contributed by atoms with van der Waals surface area (Å²) >= 11 is 6.06. The van der Waals surface area contributed by atoms with Gasteiger partial charge in [0.2, 0.25) is 0 Å². The molecule has 0 bridgehead atoms. The van der Waals surface area contributed by atoms with Crippen molar-refractivity contribution < 1.29 is 9.53 Å². The van der Waals surface area contributed by atoms with Crippen molar-refractivity contribution in [1.82, 2.24) is 0 Å². The van der Waals surface area contributed by atoms with Crippen molar-refractivity contribution in [2.45, 2.75) is 83.9 Å². The lowest BCUT2D eigenvalue weighted by molar-refractivity contribution is -0.134. The van der Waals surface area contributed by atoms with E-state index in [1.54, 1.807) is 0 Å². The van der Waals surface area contributed by atoms with Gasteiger partial charge < -0.3 is 4.74 Å². The van der Waals surface area contributed by atoms with E-state index >= 15 is 0 Å². The molecule has 0 N–H and O–H groups in total. The minimum absolute atomic E-state index is 0.0442. The van der Waals surface area contributed by atoms with Gasteiger partial charge in [0.05, 0.1) is 0 Å². The van der Waals surface area contributed by atoms with Crippen molar-refractivity contribution in [3.05, 3.63) is 54.1 Å². The summed E-state index contributed by atoms with van der Waals surface area (Å²) in [4.78, 5) is 12.0. The van der Waals surface area contributed by atoms with E-state index in [-0.39, 0.29) is 5.92 Å². The molecule has 0 radical (unpaired) electrons. The van der Waals surface area contributed by atoms with Gasteiger partial charge >= 0.3 is 5.97 Å². The molecule has 2 nitrogen and oxygen atoms in total. The van der Waals surface area contributed by atoms with Gasteiger partial charge in [0.15, 0.2) is 0 Å². The number of hydrogen-bond donors (Lipinski definition) is 0. The molecular weight excluding hydrogens is 392 g/mol. The van der Waals surface area contributed by atoms with E-state index in [2.05, 4.69) is 31.2 Å². The van der Waals surface area contributed by atoms with Crippen LogP contribution in [0.5, 0.6) is 5.75 Å². The van der Waals surface area contributed by atoms with Crippen LogP contribution in [0.25, 0.3) is 11.1 Å². The monoisotopic (exact) mass is 428 g/mol. The third kappa shape index (κ3) is 8.52. The molecule has 2 aromatic rings. The van der Waals surface area contributed by atoms with Crippen LogP contribution in [0, 0.1) is 5.92 Å². The normalized spacial score (nSPS) is 12.2. The van der Waals surface area contributed by atoms with Crippen molar-refractivity contribution in [3.63, 3.8) is 0 Å².